The van der Waals surface area contributed by atoms with E-state index in [1.54, 1.807) is 13.8 Å². The molecule has 0 amide bonds. The standard InChI is InChI=1S/C14H19BrFNO3S/c1-9-4-12(16)5-10(2)14(9)21(18,19)17-7-11(3)20-13(6-15)8-17/h4-5,11,13H,6-8H2,1-3H3. The third kappa shape index (κ3) is 3.47. The third-order valence-electron chi connectivity index (χ3n) is 3.49. The van der Waals surface area contributed by atoms with Crippen molar-refractivity contribution in [2.75, 3.05) is 18.4 Å². The lowest BCUT2D eigenvalue weighted by Gasteiger charge is -2.35. The van der Waals surface area contributed by atoms with Crippen LogP contribution in [0.5, 0.6) is 0 Å². The predicted molar refractivity (Wildman–Crippen MR) is 82.8 cm³/mol. The van der Waals surface area contributed by atoms with Crippen molar-refractivity contribution in [3.8, 4) is 0 Å². The van der Waals surface area contributed by atoms with E-state index in [0.29, 0.717) is 29.5 Å². The Labute approximate surface area is 133 Å². The van der Waals surface area contributed by atoms with Gasteiger partial charge in [0.25, 0.3) is 0 Å². The minimum absolute atomic E-state index is 0.169. The van der Waals surface area contributed by atoms with Crippen LogP contribution in [0.2, 0.25) is 0 Å². The molecule has 4 nitrogen and oxygen atoms in total. The molecule has 1 aromatic rings. The van der Waals surface area contributed by atoms with Gasteiger partial charge in [0, 0.05) is 18.4 Å². The molecule has 1 aromatic carbocycles. The number of benzene rings is 1. The van der Waals surface area contributed by atoms with Crippen LogP contribution >= 0.6 is 15.9 Å². The highest BCUT2D eigenvalue weighted by Gasteiger charge is 2.35. The second-order valence-electron chi connectivity index (χ2n) is 5.41. The Kier molecular flexibility index (Phi) is 5.07. The fourth-order valence-electron chi connectivity index (χ4n) is 2.72. The summed E-state index contributed by atoms with van der Waals surface area (Å²) < 4.78 is 46.2. The minimum atomic E-state index is -3.65. The van der Waals surface area contributed by atoms with E-state index in [2.05, 4.69) is 15.9 Å². The Bertz CT molecular complexity index is 612. The number of morpholine rings is 1. The van der Waals surface area contributed by atoms with Crippen LogP contribution in [0.1, 0.15) is 18.1 Å². The molecule has 1 aliphatic rings. The summed E-state index contributed by atoms with van der Waals surface area (Å²) in [6.45, 7) is 5.70. The fraction of sp³-hybridized carbons (Fsp3) is 0.571. The van der Waals surface area contributed by atoms with Crippen LogP contribution in [0, 0.1) is 19.7 Å². The smallest absolute Gasteiger partial charge is 0.243 e. The maximum atomic E-state index is 13.4. The van der Waals surface area contributed by atoms with Crippen LogP contribution in [0.25, 0.3) is 0 Å². The van der Waals surface area contributed by atoms with Gasteiger partial charge in [-0.3, -0.25) is 0 Å². The highest BCUT2D eigenvalue weighted by molar-refractivity contribution is 9.09. The summed E-state index contributed by atoms with van der Waals surface area (Å²) in [6.07, 6.45) is -0.346. The van der Waals surface area contributed by atoms with E-state index < -0.39 is 15.8 Å². The summed E-state index contributed by atoms with van der Waals surface area (Å²) in [5.41, 5.74) is 0.865. The molecule has 118 valence electrons. The van der Waals surface area contributed by atoms with Crippen molar-refractivity contribution in [2.24, 2.45) is 0 Å². The molecule has 1 saturated heterocycles. The third-order valence-corrected chi connectivity index (χ3v) is 6.35. The highest BCUT2D eigenvalue weighted by Crippen LogP contribution is 2.27. The van der Waals surface area contributed by atoms with Crippen LogP contribution in [-0.2, 0) is 14.8 Å². The molecule has 1 aliphatic heterocycles. The first-order chi connectivity index (χ1) is 9.75. The predicted octanol–water partition coefficient (Wildman–Crippen LogP) is 2.62. The van der Waals surface area contributed by atoms with Crippen molar-refractivity contribution in [2.45, 2.75) is 37.9 Å². The molecule has 0 aliphatic carbocycles. The van der Waals surface area contributed by atoms with Crippen LogP contribution in [0.3, 0.4) is 0 Å². The number of alkyl halides is 1. The lowest BCUT2D eigenvalue weighted by atomic mass is 10.1. The molecule has 2 atom stereocenters. The van der Waals surface area contributed by atoms with Crippen molar-refractivity contribution >= 4 is 26.0 Å². The van der Waals surface area contributed by atoms with Crippen LogP contribution in [0.4, 0.5) is 4.39 Å². The highest BCUT2D eigenvalue weighted by atomic mass is 79.9. The average molecular weight is 380 g/mol. The molecule has 21 heavy (non-hydrogen) atoms. The van der Waals surface area contributed by atoms with Gasteiger partial charge in [-0.25, -0.2) is 12.8 Å². The van der Waals surface area contributed by atoms with Gasteiger partial charge < -0.3 is 4.74 Å². The Morgan fingerprint density at radius 3 is 2.43 bits per heavy atom. The number of hydrogen-bond acceptors (Lipinski definition) is 3. The minimum Gasteiger partial charge on any atom is -0.372 e. The number of ether oxygens (including phenoxy) is 1. The Morgan fingerprint density at radius 2 is 1.90 bits per heavy atom. The molecule has 0 saturated carbocycles. The van der Waals surface area contributed by atoms with Crippen molar-refractivity contribution in [1.29, 1.82) is 0 Å². The van der Waals surface area contributed by atoms with Gasteiger partial charge in [-0.2, -0.15) is 4.31 Å². The summed E-state index contributed by atoms with van der Waals surface area (Å²) in [5, 5.41) is 0.574. The molecule has 1 heterocycles. The summed E-state index contributed by atoms with van der Waals surface area (Å²) in [6, 6.07) is 2.51. The van der Waals surface area contributed by atoms with Crippen LogP contribution < -0.4 is 0 Å². The Morgan fingerprint density at radius 1 is 1.33 bits per heavy atom. The Balaban J connectivity index is 2.43. The monoisotopic (exact) mass is 379 g/mol. The SMILES string of the molecule is Cc1cc(F)cc(C)c1S(=O)(=O)N1CC(C)OC(CBr)C1. The van der Waals surface area contributed by atoms with Gasteiger partial charge in [-0.05, 0) is 44.0 Å². The normalized spacial score (nSPS) is 24.2. The second kappa shape index (κ2) is 6.32. The zero-order valence-corrected chi connectivity index (χ0v) is 14.7. The fourth-order valence-corrected chi connectivity index (χ4v) is 5.03. The second-order valence-corrected chi connectivity index (χ2v) is 7.94. The molecule has 2 rings (SSSR count). The van der Waals surface area contributed by atoms with Gasteiger partial charge in [0.2, 0.25) is 10.0 Å². The van der Waals surface area contributed by atoms with E-state index in [1.165, 1.54) is 16.4 Å². The summed E-state index contributed by atoms with van der Waals surface area (Å²) in [7, 11) is -3.65. The maximum Gasteiger partial charge on any atom is 0.243 e. The van der Waals surface area contributed by atoms with E-state index in [1.807, 2.05) is 6.92 Å². The van der Waals surface area contributed by atoms with Crippen molar-refractivity contribution in [3.63, 3.8) is 0 Å². The maximum absolute atomic E-state index is 13.4. The zero-order chi connectivity index (χ0) is 15.8. The van der Waals surface area contributed by atoms with Gasteiger partial charge in [0.1, 0.15) is 5.82 Å². The molecule has 7 heteroatoms. The largest absolute Gasteiger partial charge is 0.372 e. The van der Waals surface area contributed by atoms with Gasteiger partial charge >= 0.3 is 0 Å². The molecule has 1 fully saturated rings. The van der Waals surface area contributed by atoms with Gasteiger partial charge in [-0.1, -0.05) is 15.9 Å². The molecule has 0 spiro atoms. The van der Waals surface area contributed by atoms with E-state index in [-0.39, 0.29) is 17.1 Å². The molecule has 0 radical (unpaired) electrons. The average Bonchev–Trinajstić information content (AvgIpc) is 2.36. The van der Waals surface area contributed by atoms with E-state index in [9.17, 15) is 12.8 Å². The van der Waals surface area contributed by atoms with Gasteiger partial charge in [-0.15, -0.1) is 0 Å². The first kappa shape index (κ1) is 16.9. The molecule has 2 unspecified atom stereocenters. The number of sulfonamides is 1. The lowest BCUT2D eigenvalue weighted by Crippen LogP contribution is -2.49. The molecule has 0 aromatic heterocycles. The topological polar surface area (TPSA) is 46.6 Å². The zero-order valence-electron chi connectivity index (χ0n) is 12.3. The first-order valence-corrected chi connectivity index (χ1v) is 9.30. The first-order valence-electron chi connectivity index (χ1n) is 6.74. The van der Waals surface area contributed by atoms with Crippen molar-refractivity contribution < 1.29 is 17.5 Å². The van der Waals surface area contributed by atoms with Gasteiger partial charge in [0.05, 0.1) is 17.1 Å². The van der Waals surface area contributed by atoms with E-state index >= 15 is 0 Å². The quantitative estimate of drug-likeness (QED) is 0.758. The number of halogens is 2. The Hall–Kier alpha value is -0.500. The molecular formula is C14H19BrFNO3S. The number of rotatable bonds is 3. The van der Waals surface area contributed by atoms with Crippen LogP contribution in [0.15, 0.2) is 17.0 Å². The number of hydrogen-bond donors (Lipinski definition) is 0. The summed E-state index contributed by atoms with van der Waals surface area (Å²) in [5.74, 6) is -0.419. The van der Waals surface area contributed by atoms with Gasteiger partial charge in [0.15, 0.2) is 0 Å². The van der Waals surface area contributed by atoms with Crippen molar-refractivity contribution in [1.82, 2.24) is 4.31 Å². The number of nitrogens with zero attached hydrogens (tertiary/aromatic N) is 1. The summed E-state index contributed by atoms with van der Waals surface area (Å²) >= 11 is 3.33. The lowest BCUT2D eigenvalue weighted by molar-refractivity contribution is -0.0411. The molecule has 0 bridgehead atoms. The van der Waals surface area contributed by atoms with Crippen LogP contribution in [-0.4, -0.2) is 43.4 Å². The number of aryl methyl sites for hydroxylation is 2. The van der Waals surface area contributed by atoms with Crippen molar-refractivity contribution in [3.05, 3.63) is 29.1 Å². The molecular weight excluding hydrogens is 361 g/mol. The van der Waals surface area contributed by atoms with E-state index in [0.717, 1.165) is 0 Å². The molecule has 0 N–H and O–H groups in total. The van der Waals surface area contributed by atoms with E-state index in [4.69, 9.17) is 4.74 Å². The summed E-state index contributed by atoms with van der Waals surface area (Å²) in [4.78, 5) is 0.200.